The third-order valence-electron chi connectivity index (χ3n) is 3.97. The summed E-state index contributed by atoms with van der Waals surface area (Å²) >= 11 is 5.92. The highest BCUT2D eigenvalue weighted by atomic mass is 35.5. The lowest BCUT2D eigenvalue weighted by Gasteiger charge is -2.12. The van der Waals surface area contributed by atoms with E-state index in [2.05, 4.69) is 11.9 Å². The van der Waals surface area contributed by atoms with Gasteiger partial charge in [-0.15, -0.1) is 0 Å². The molecule has 0 radical (unpaired) electrons. The second kappa shape index (κ2) is 9.24. The van der Waals surface area contributed by atoms with Gasteiger partial charge in [-0.05, 0) is 67.4 Å². The van der Waals surface area contributed by atoms with Crippen molar-refractivity contribution in [3.63, 3.8) is 0 Å². The standard InChI is InChI=1S/C23H22ClNO2/c1-3-26-23-14-19(15-25-21-11-4-17(2)5-12-21)8-13-22(23)27-16-18-6-9-20(24)10-7-18/h4-15H,3,16H2,1-2H3. The Balaban J connectivity index is 1.73. The predicted octanol–water partition coefficient (Wildman–Crippen LogP) is 6.38. The Morgan fingerprint density at radius 2 is 1.63 bits per heavy atom. The summed E-state index contributed by atoms with van der Waals surface area (Å²) in [6.07, 6.45) is 1.83. The summed E-state index contributed by atoms with van der Waals surface area (Å²) < 4.78 is 11.7. The zero-order valence-corrected chi connectivity index (χ0v) is 16.2. The van der Waals surface area contributed by atoms with Gasteiger partial charge in [-0.3, -0.25) is 4.99 Å². The minimum Gasteiger partial charge on any atom is -0.490 e. The number of halogens is 1. The first kappa shape index (κ1) is 19.0. The molecule has 0 heterocycles. The molecule has 3 aromatic carbocycles. The highest BCUT2D eigenvalue weighted by molar-refractivity contribution is 6.30. The first-order valence-corrected chi connectivity index (χ1v) is 9.26. The van der Waals surface area contributed by atoms with Gasteiger partial charge in [0.25, 0.3) is 0 Å². The number of benzene rings is 3. The lowest BCUT2D eigenvalue weighted by molar-refractivity contribution is 0.269. The molecule has 0 aliphatic carbocycles. The molecule has 3 aromatic rings. The fourth-order valence-corrected chi connectivity index (χ4v) is 2.64. The Bertz CT molecular complexity index is 903. The van der Waals surface area contributed by atoms with Crippen molar-refractivity contribution in [2.75, 3.05) is 6.61 Å². The van der Waals surface area contributed by atoms with E-state index in [0.29, 0.717) is 29.7 Å². The molecular weight excluding hydrogens is 358 g/mol. The van der Waals surface area contributed by atoms with E-state index in [-0.39, 0.29) is 0 Å². The van der Waals surface area contributed by atoms with Crippen LogP contribution in [-0.4, -0.2) is 12.8 Å². The molecule has 0 spiro atoms. The smallest absolute Gasteiger partial charge is 0.161 e. The highest BCUT2D eigenvalue weighted by Gasteiger charge is 2.06. The third-order valence-corrected chi connectivity index (χ3v) is 4.22. The monoisotopic (exact) mass is 379 g/mol. The van der Waals surface area contributed by atoms with Gasteiger partial charge in [0.1, 0.15) is 6.61 Å². The van der Waals surface area contributed by atoms with E-state index in [1.54, 1.807) is 0 Å². The van der Waals surface area contributed by atoms with Gasteiger partial charge in [-0.25, -0.2) is 0 Å². The van der Waals surface area contributed by atoms with Crippen LogP contribution in [0, 0.1) is 6.92 Å². The van der Waals surface area contributed by atoms with Gasteiger partial charge in [0.05, 0.1) is 12.3 Å². The maximum absolute atomic E-state index is 5.93. The largest absolute Gasteiger partial charge is 0.490 e. The molecule has 27 heavy (non-hydrogen) atoms. The molecular formula is C23H22ClNO2. The van der Waals surface area contributed by atoms with Crippen molar-refractivity contribution in [1.82, 2.24) is 0 Å². The zero-order valence-electron chi connectivity index (χ0n) is 15.5. The Morgan fingerprint density at radius 1 is 0.889 bits per heavy atom. The van der Waals surface area contributed by atoms with E-state index in [9.17, 15) is 0 Å². The number of aryl methyl sites for hydroxylation is 1. The van der Waals surface area contributed by atoms with Gasteiger partial charge in [-0.2, -0.15) is 0 Å². The van der Waals surface area contributed by atoms with Gasteiger partial charge in [0.2, 0.25) is 0 Å². The molecule has 0 saturated carbocycles. The van der Waals surface area contributed by atoms with Crippen molar-refractivity contribution in [2.45, 2.75) is 20.5 Å². The number of aliphatic imine (C=N–C) groups is 1. The topological polar surface area (TPSA) is 30.8 Å². The number of hydrogen-bond acceptors (Lipinski definition) is 3. The minimum atomic E-state index is 0.452. The number of ether oxygens (including phenoxy) is 2. The molecule has 0 fully saturated rings. The lowest BCUT2D eigenvalue weighted by Crippen LogP contribution is -2.00. The fraction of sp³-hybridized carbons (Fsp3) is 0.174. The van der Waals surface area contributed by atoms with E-state index >= 15 is 0 Å². The van der Waals surface area contributed by atoms with Crippen molar-refractivity contribution in [2.24, 2.45) is 4.99 Å². The second-order valence-electron chi connectivity index (χ2n) is 6.15. The number of hydrogen-bond donors (Lipinski definition) is 0. The van der Waals surface area contributed by atoms with Crippen molar-refractivity contribution in [3.8, 4) is 11.5 Å². The second-order valence-corrected chi connectivity index (χ2v) is 6.58. The van der Waals surface area contributed by atoms with E-state index in [1.807, 2.05) is 79.9 Å². The van der Waals surface area contributed by atoms with Gasteiger partial charge in [0.15, 0.2) is 11.5 Å². The minimum absolute atomic E-state index is 0.452. The van der Waals surface area contributed by atoms with Crippen molar-refractivity contribution in [1.29, 1.82) is 0 Å². The first-order valence-electron chi connectivity index (χ1n) is 8.89. The van der Waals surface area contributed by atoms with Crippen molar-refractivity contribution < 1.29 is 9.47 Å². The van der Waals surface area contributed by atoms with Crippen LogP contribution in [0.2, 0.25) is 5.02 Å². The number of rotatable bonds is 7. The van der Waals surface area contributed by atoms with Crippen molar-refractivity contribution in [3.05, 3.63) is 88.4 Å². The lowest BCUT2D eigenvalue weighted by atomic mass is 10.2. The molecule has 0 atom stereocenters. The molecule has 4 heteroatoms. The Labute approximate surface area is 165 Å². The van der Waals surface area contributed by atoms with E-state index in [4.69, 9.17) is 21.1 Å². The fourth-order valence-electron chi connectivity index (χ4n) is 2.51. The molecule has 0 bridgehead atoms. The summed E-state index contributed by atoms with van der Waals surface area (Å²) in [5, 5.41) is 0.714. The van der Waals surface area contributed by atoms with Gasteiger partial charge in [-0.1, -0.05) is 41.4 Å². The quantitative estimate of drug-likeness (QED) is 0.446. The van der Waals surface area contributed by atoms with Gasteiger partial charge in [0, 0.05) is 11.2 Å². The highest BCUT2D eigenvalue weighted by Crippen LogP contribution is 2.29. The summed E-state index contributed by atoms with van der Waals surface area (Å²) in [5.41, 5.74) is 4.14. The zero-order chi connectivity index (χ0) is 19.1. The summed E-state index contributed by atoms with van der Waals surface area (Å²) in [4.78, 5) is 4.52. The maximum atomic E-state index is 5.93. The first-order chi connectivity index (χ1) is 13.1. The van der Waals surface area contributed by atoms with E-state index in [1.165, 1.54) is 5.56 Å². The van der Waals surface area contributed by atoms with Gasteiger partial charge >= 0.3 is 0 Å². The molecule has 0 N–H and O–H groups in total. The van der Waals surface area contributed by atoms with E-state index in [0.717, 1.165) is 16.8 Å². The van der Waals surface area contributed by atoms with Crippen LogP contribution in [0.25, 0.3) is 0 Å². The van der Waals surface area contributed by atoms with Gasteiger partial charge < -0.3 is 9.47 Å². The Kier molecular flexibility index (Phi) is 6.50. The molecule has 0 unspecified atom stereocenters. The SMILES string of the molecule is CCOc1cc(C=Nc2ccc(C)cc2)ccc1OCc1ccc(Cl)cc1. The summed E-state index contributed by atoms with van der Waals surface area (Å²) in [6.45, 7) is 5.03. The van der Waals surface area contributed by atoms with Crippen LogP contribution in [0.1, 0.15) is 23.6 Å². The molecule has 0 aliphatic heterocycles. The van der Waals surface area contributed by atoms with E-state index < -0.39 is 0 Å². The van der Waals surface area contributed by atoms with Crippen LogP contribution in [0.4, 0.5) is 5.69 Å². The molecule has 138 valence electrons. The normalized spacial score (nSPS) is 10.9. The van der Waals surface area contributed by atoms with Crippen LogP contribution in [0.15, 0.2) is 71.7 Å². The van der Waals surface area contributed by atoms with Crippen LogP contribution >= 0.6 is 11.6 Å². The van der Waals surface area contributed by atoms with Crippen LogP contribution in [0.3, 0.4) is 0 Å². The molecule has 3 rings (SSSR count). The van der Waals surface area contributed by atoms with Crippen LogP contribution in [-0.2, 0) is 6.61 Å². The Hall–Kier alpha value is -2.78. The average Bonchev–Trinajstić information content (AvgIpc) is 2.68. The van der Waals surface area contributed by atoms with Crippen LogP contribution in [0.5, 0.6) is 11.5 Å². The molecule has 0 aromatic heterocycles. The van der Waals surface area contributed by atoms with Crippen molar-refractivity contribution >= 4 is 23.5 Å². The molecule has 0 amide bonds. The predicted molar refractivity (Wildman–Crippen MR) is 112 cm³/mol. The maximum Gasteiger partial charge on any atom is 0.161 e. The molecule has 0 saturated heterocycles. The summed E-state index contributed by atoms with van der Waals surface area (Å²) in [6, 6.07) is 21.5. The third kappa shape index (κ3) is 5.60. The molecule has 3 nitrogen and oxygen atoms in total. The average molecular weight is 380 g/mol. The summed E-state index contributed by atoms with van der Waals surface area (Å²) in [7, 11) is 0. The van der Waals surface area contributed by atoms with Crippen LogP contribution < -0.4 is 9.47 Å². The summed E-state index contributed by atoms with van der Waals surface area (Å²) in [5.74, 6) is 1.42. The molecule has 0 aliphatic rings. The Morgan fingerprint density at radius 3 is 2.33 bits per heavy atom. The number of nitrogens with zero attached hydrogens (tertiary/aromatic N) is 1.